The van der Waals surface area contributed by atoms with Crippen LogP contribution >= 0.6 is 0 Å². The van der Waals surface area contributed by atoms with E-state index < -0.39 is 22.5 Å². The molecule has 1 aromatic heterocycles. The van der Waals surface area contributed by atoms with Gasteiger partial charge in [0.2, 0.25) is 5.95 Å². The highest BCUT2D eigenvalue weighted by atomic mass is 32.2. The molecule has 0 amide bonds. The fourth-order valence-corrected chi connectivity index (χ4v) is 6.44. The maximum absolute atomic E-state index is 13.8. The van der Waals surface area contributed by atoms with Gasteiger partial charge in [-0.05, 0) is 69.3 Å². The monoisotopic (exact) mass is 538 g/mol. The van der Waals surface area contributed by atoms with E-state index in [1.807, 2.05) is 19.1 Å². The molecule has 0 radical (unpaired) electrons. The standard InChI is InChI=1S/C27H34N6O4S/c1-19-16-20(2)26(21(3)17-19)38(35,36)33(18-25(34)37-5)23-8-6-22(7-9-23)29-24-10-11-28-27(30-24)32-14-12-31(4)13-15-32/h6-11,16-17H,12-15,18H2,1-5H3,(H,28,29,30). The van der Waals surface area contributed by atoms with Crippen molar-refractivity contribution in [3.63, 3.8) is 0 Å². The number of carbonyl (C=O) groups excluding carboxylic acids is 1. The van der Waals surface area contributed by atoms with Gasteiger partial charge in [0, 0.05) is 38.1 Å². The number of benzene rings is 2. The number of anilines is 4. The average molecular weight is 539 g/mol. The number of nitrogens with zero attached hydrogens (tertiary/aromatic N) is 5. The van der Waals surface area contributed by atoms with E-state index in [9.17, 15) is 13.2 Å². The van der Waals surface area contributed by atoms with Gasteiger partial charge in [-0.2, -0.15) is 4.98 Å². The number of esters is 1. The third-order valence-corrected chi connectivity index (χ3v) is 8.59. The van der Waals surface area contributed by atoms with Gasteiger partial charge in [0.25, 0.3) is 10.0 Å². The number of aryl methyl sites for hydroxylation is 3. The number of hydrogen-bond acceptors (Lipinski definition) is 9. The second-order valence-corrected chi connectivity index (χ2v) is 11.3. The summed E-state index contributed by atoms with van der Waals surface area (Å²) >= 11 is 0. The first kappa shape index (κ1) is 27.3. The van der Waals surface area contributed by atoms with Crippen molar-refractivity contribution >= 4 is 39.1 Å². The Hall–Kier alpha value is -3.70. The van der Waals surface area contributed by atoms with Gasteiger partial charge in [-0.3, -0.25) is 9.10 Å². The van der Waals surface area contributed by atoms with E-state index in [0.29, 0.717) is 28.6 Å². The molecule has 0 bridgehead atoms. The number of sulfonamides is 1. The Morgan fingerprint density at radius 1 is 1.03 bits per heavy atom. The lowest BCUT2D eigenvalue weighted by Crippen LogP contribution is -2.45. The fourth-order valence-electron chi connectivity index (χ4n) is 4.62. The summed E-state index contributed by atoms with van der Waals surface area (Å²) in [5.41, 5.74) is 3.27. The Morgan fingerprint density at radius 2 is 1.66 bits per heavy atom. The summed E-state index contributed by atoms with van der Waals surface area (Å²) in [5, 5.41) is 3.26. The van der Waals surface area contributed by atoms with Gasteiger partial charge in [-0.1, -0.05) is 17.7 Å². The van der Waals surface area contributed by atoms with Crippen molar-refractivity contribution in [2.45, 2.75) is 25.7 Å². The molecular formula is C27H34N6O4S. The van der Waals surface area contributed by atoms with Crippen LogP contribution in [-0.4, -0.2) is 76.1 Å². The lowest BCUT2D eigenvalue weighted by atomic mass is 10.1. The third-order valence-electron chi connectivity index (χ3n) is 6.51. The Labute approximate surface area is 224 Å². The van der Waals surface area contributed by atoms with Gasteiger partial charge >= 0.3 is 5.97 Å². The largest absolute Gasteiger partial charge is 0.468 e. The van der Waals surface area contributed by atoms with Crippen LogP contribution in [0.4, 0.5) is 23.1 Å². The quantitative estimate of drug-likeness (QED) is 0.432. The zero-order valence-corrected chi connectivity index (χ0v) is 23.2. The molecule has 0 spiro atoms. The predicted octanol–water partition coefficient (Wildman–Crippen LogP) is 3.27. The molecule has 0 saturated carbocycles. The van der Waals surface area contributed by atoms with Crippen molar-refractivity contribution in [1.82, 2.24) is 14.9 Å². The van der Waals surface area contributed by atoms with E-state index >= 15 is 0 Å². The Morgan fingerprint density at radius 3 is 2.26 bits per heavy atom. The minimum Gasteiger partial charge on any atom is -0.468 e. The molecular weight excluding hydrogens is 504 g/mol. The molecule has 0 aliphatic carbocycles. The third kappa shape index (κ3) is 6.05. The van der Waals surface area contributed by atoms with Crippen LogP contribution in [0.5, 0.6) is 0 Å². The van der Waals surface area contributed by atoms with Gasteiger partial charge in [-0.25, -0.2) is 13.4 Å². The Bertz CT molecular complexity index is 1380. The van der Waals surface area contributed by atoms with Crippen LogP contribution in [0.3, 0.4) is 0 Å². The number of hydrogen-bond donors (Lipinski definition) is 1. The minimum atomic E-state index is -4.05. The molecule has 1 aliphatic heterocycles. The van der Waals surface area contributed by atoms with E-state index in [1.54, 1.807) is 50.4 Å². The first-order valence-corrected chi connectivity index (χ1v) is 13.8. The Kier molecular flexibility index (Phi) is 8.17. The SMILES string of the molecule is COC(=O)CN(c1ccc(Nc2ccnc(N3CCN(C)CC3)n2)cc1)S(=O)(=O)c1c(C)cc(C)cc1C. The van der Waals surface area contributed by atoms with Crippen LogP contribution in [0.25, 0.3) is 0 Å². The molecule has 3 aromatic rings. The van der Waals surface area contributed by atoms with Crippen molar-refractivity contribution in [3.8, 4) is 0 Å². The first-order chi connectivity index (χ1) is 18.1. The molecule has 4 rings (SSSR count). The molecule has 2 heterocycles. The van der Waals surface area contributed by atoms with Crippen LogP contribution in [0, 0.1) is 20.8 Å². The van der Waals surface area contributed by atoms with Gasteiger partial charge in [0.15, 0.2) is 0 Å². The summed E-state index contributed by atoms with van der Waals surface area (Å²) < 4.78 is 33.5. The first-order valence-electron chi connectivity index (χ1n) is 12.4. The molecule has 2 aromatic carbocycles. The van der Waals surface area contributed by atoms with E-state index in [0.717, 1.165) is 41.7 Å². The molecule has 1 N–H and O–H groups in total. The summed E-state index contributed by atoms with van der Waals surface area (Å²) in [6.45, 7) is 8.61. The second kappa shape index (κ2) is 11.4. The highest BCUT2D eigenvalue weighted by molar-refractivity contribution is 7.93. The van der Waals surface area contributed by atoms with Gasteiger partial charge in [0.1, 0.15) is 12.4 Å². The second-order valence-electron chi connectivity index (χ2n) is 9.52. The minimum absolute atomic E-state index is 0.187. The van der Waals surface area contributed by atoms with Gasteiger partial charge in [-0.15, -0.1) is 0 Å². The number of methoxy groups -OCH3 is 1. The average Bonchev–Trinajstić information content (AvgIpc) is 2.87. The highest BCUT2D eigenvalue weighted by Crippen LogP contribution is 2.30. The Balaban J connectivity index is 1.59. The normalized spacial score (nSPS) is 14.3. The molecule has 1 aliphatic rings. The number of aromatic nitrogens is 2. The zero-order chi connectivity index (χ0) is 27.4. The van der Waals surface area contributed by atoms with Crippen molar-refractivity contribution < 1.29 is 17.9 Å². The highest BCUT2D eigenvalue weighted by Gasteiger charge is 2.30. The van der Waals surface area contributed by atoms with Crippen molar-refractivity contribution in [2.24, 2.45) is 0 Å². The molecule has 1 saturated heterocycles. The van der Waals surface area contributed by atoms with Crippen molar-refractivity contribution in [2.75, 3.05) is 61.4 Å². The number of ether oxygens (including phenoxy) is 1. The van der Waals surface area contributed by atoms with Crippen molar-refractivity contribution in [1.29, 1.82) is 0 Å². The number of carbonyl (C=O) groups is 1. The van der Waals surface area contributed by atoms with Crippen LogP contribution in [0.2, 0.25) is 0 Å². The fraction of sp³-hybridized carbons (Fsp3) is 0.370. The van der Waals surface area contributed by atoms with Crippen molar-refractivity contribution in [3.05, 3.63) is 65.4 Å². The number of likely N-dealkylation sites (N-methyl/N-ethyl adjacent to an activating group) is 1. The molecule has 38 heavy (non-hydrogen) atoms. The molecule has 1 fully saturated rings. The summed E-state index contributed by atoms with van der Waals surface area (Å²) in [6.07, 6.45) is 1.72. The van der Waals surface area contributed by atoms with E-state index in [4.69, 9.17) is 4.74 Å². The van der Waals surface area contributed by atoms with Crippen LogP contribution in [0.15, 0.2) is 53.6 Å². The predicted molar refractivity (Wildman–Crippen MR) is 149 cm³/mol. The zero-order valence-electron chi connectivity index (χ0n) is 22.4. The van der Waals surface area contributed by atoms with Gasteiger partial charge in [0.05, 0.1) is 17.7 Å². The maximum atomic E-state index is 13.8. The molecule has 202 valence electrons. The summed E-state index contributed by atoms with van der Waals surface area (Å²) in [5.74, 6) is 0.640. The number of rotatable bonds is 8. The maximum Gasteiger partial charge on any atom is 0.326 e. The van der Waals surface area contributed by atoms with Crippen LogP contribution in [-0.2, 0) is 19.6 Å². The van der Waals surface area contributed by atoms with Gasteiger partial charge < -0.3 is 19.9 Å². The molecule has 0 atom stereocenters. The van der Waals surface area contributed by atoms with E-state index in [1.165, 1.54) is 7.11 Å². The van der Waals surface area contributed by atoms with E-state index in [-0.39, 0.29) is 4.90 Å². The van der Waals surface area contributed by atoms with Crippen LogP contribution < -0.4 is 14.5 Å². The smallest absolute Gasteiger partial charge is 0.326 e. The van der Waals surface area contributed by atoms with E-state index in [2.05, 4.69) is 32.1 Å². The molecule has 0 unspecified atom stereocenters. The molecule has 10 nitrogen and oxygen atoms in total. The summed E-state index contributed by atoms with van der Waals surface area (Å²) in [4.78, 5) is 25.9. The topological polar surface area (TPSA) is 108 Å². The molecule has 11 heteroatoms. The van der Waals surface area contributed by atoms with Crippen LogP contribution in [0.1, 0.15) is 16.7 Å². The lowest BCUT2D eigenvalue weighted by molar-refractivity contribution is -0.138. The summed E-state index contributed by atoms with van der Waals surface area (Å²) in [6, 6.07) is 12.2. The lowest BCUT2D eigenvalue weighted by Gasteiger charge is -2.32. The number of piperazine rings is 1. The summed E-state index contributed by atoms with van der Waals surface area (Å²) in [7, 11) is -0.714. The number of nitrogens with one attached hydrogen (secondary N) is 1.